The molecule has 0 aromatic heterocycles. The number of hydrogen-bond acceptors (Lipinski definition) is 5. The zero-order valence-corrected chi connectivity index (χ0v) is 14.5. The van der Waals surface area contributed by atoms with Crippen molar-refractivity contribution < 1.29 is 24.5 Å². The molecule has 4 aliphatic carbocycles. The molecule has 1 aromatic carbocycles. The molecule has 4 bridgehead atoms. The van der Waals surface area contributed by atoms with E-state index in [0.29, 0.717) is 12.2 Å². The Kier molecular flexibility index (Phi) is 5.02. The summed E-state index contributed by atoms with van der Waals surface area (Å²) in [5.41, 5.74) is 0.318. The Bertz CT molecular complexity index is 599. The zero-order valence-electron chi connectivity index (χ0n) is 14.5. The van der Waals surface area contributed by atoms with Gasteiger partial charge in [-0.25, -0.2) is 0 Å². The second-order valence-corrected chi connectivity index (χ2v) is 7.98. The number of hydrogen-bond donors (Lipinski definition) is 0. The quantitative estimate of drug-likeness (QED) is 0.824. The summed E-state index contributed by atoms with van der Waals surface area (Å²) in [7, 11) is 1.52. The summed E-state index contributed by atoms with van der Waals surface area (Å²) in [6, 6.07) is 6.03. The van der Waals surface area contributed by atoms with Gasteiger partial charge in [0.2, 0.25) is 0 Å². The first-order valence-corrected chi connectivity index (χ1v) is 8.94. The maximum Gasteiger partial charge on any atom is 0.118 e. The summed E-state index contributed by atoms with van der Waals surface area (Å²) in [5, 5.41) is 21.0. The van der Waals surface area contributed by atoms with Crippen LogP contribution in [0.3, 0.4) is 0 Å². The van der Waals surface area contributed by atoms with E-state index in [-0.39, 0.29) is 11.0 Å². The van der Waals surface area contributed by atoms with Crippen LogP contribution in [0.25, 0.3) is 0 Å². The van der Waals surface area contributed by atoms with E-state index in [2.05, 4.69) is 0 Å². The average Bonchev–Trinajstić information content (AvgIpc) is 2.53. The summed E-state index contributed by atoms with van der Waals surface area (Å²) in [6.45, 7) is 0. The predicted octanol–water partition coefficient (Wildman–Crippen LogP) is 1.40. The molecule has 1 aromatic rings. The van der Waals surface area contributed by atoms with Crippen molar-refractivity contribution in [1.82, 2.24) is 0 Å². The highest BCUT2D eigenvalue weighted by Crippen LogP contribution is 2.61. The van der Waals surface area contributed by atoms with Crippen LogP contribution in [0.1, 0.15) is 55.3 Å². The third-order valence-corrected chi connectivity index (χ3v) is 6.01. The molecular formula is C20H24O5-2. The van der Waals surface area contributed by atoms with E-state index in [9.17, 15) is 19.8 Å². The predicted molar refractivity (Wildman–Crippen MR) is 87.6 cm³/mol. The fraction of sp³-hybridized carbons (Fsp3) is 0.600. The van der Waals surface area contributed by atoms with E-state index in [4.69, 9.17) is 4.74 Å². The van der Waals surface area contributed by atoms with E-state index in [0.717, 1.165) is 17.8 Å². The van der Waals surface area contributed by atoms with Gasteiger partial charge in [-0.1, -0.05) is 0 Å². The van der Waals surface area contributed by atoms with Crippen molar-refractivity contribution in [2.75, 3.05) is 7.11 Å². The van der Waals surface area contributed by atoms with Gasteiger partial charge >= 0.3 is 0 Å². The maximum absolute atomic E-state index is 10.8. The molecule has 0 amide bonds. The Morgan fingerprint density at radius 1 is 1.00 bits per heavy atom. The normalized spacial score (nSPS) is 31.8. The minimum atomic E-state index is -1.17. The molecule has 0 heterocycles. The fourth-order valence-corrected chi connectivity index (χ4v) is 5.54. The third-order valence-electron chi connectivity index (χ3n) is 6.01. The molecule has 25 heavy (non-hydrogen) atoms. The molecule has 4 fully saturated rings. The van der Waals surface area contributed by atoms with E-state index in [1.807, 2.05) is 0 Å². The molecule has 0 atom stereocenters. The summed E-state index contributed by atoms with van der Waals surface area (Å²) in [4.78, 5) is 21.0. The fourth-order valence-electron chi connectivity index (χ4n) is 5.54. The topological polar surface area (TPSA) is 89.5 Å². The Hall–Kier alpha value is -2.04. The molecule has 0 radical (unpaired) electrons. The molecule has 4 aliphatic rings. The van der Waals surface area contributed by atoms with Crippen molar-refractivity contribution in [2.24, 2.45) is 23.2 Å². The number of carboxylic acids is 2. The second-order valence-electron chi connectivity index (χ2n) is 7.98. The molecule has 5 rings (SSSR count). The lowest BCUT2D eigenvalue weighted by atomic mass is 9.49. The number of methoxy groups -OCH3 is 1. The molecule has 0 N–H and O–H groups in total. The maximum atomic E-state index is 10.8. The lowest BCUT2D eigenvalue weighted by molar-refractivity contribution is -0.310. The summed E-state index contributed by atoms with van der Waals surface area (Å²) < 4.78 is 4.84. The molecule has 0 unspecified atom stereocenters. The number of aliphatic carboxylic acids is 1. The average molecular weight is 344 g/mol. The number of ether oxygens (including phenoxy) is 1. The molecule has 136 valence electrons. The van der Waals surface area contributed by atoms with Crippen LogP contribution < -0.4 is 14.9 Å². The third kappa shape index (κ3) is 4.14. The number of carbonyl (C=O) groups is 2. The van der Waals surface area contributed by atoms with Crippen molar-refractivity contribution in [3.63, 3.8) is 0 Å². The number of rotatable bonds is 4. The van der Waals surface area contributed by atoms with Gasteiger partial charge in [0.15, 0.2) is 0 Å². The van der Waals surface area contributed by atoms with Gasteiger partial charge in [-0.05, 0) is 97.9 Å². The molecule has 5 heteroatoms. The van der Waals surface area contributed by atoms with Gasteiger partial charge in [-0.2, -0.15) is 0 Å². The molecule has 0 saturated heterocycles. The minimum Gasteiger partial charge on any atom is -0.550 e. The molecule has 0 aliphatic heterocycles. The van der Waals surface area contributed by atoms with E-state index < -0.39 is 11.9 Å². The standard InChI is InChI=1S/C12H18O2.C8H8O3/c13-11(14)7-12-4-8-1-9(5-12)3-10(2-8)6-12;1-11-7-4-2-6(3-5-7)8(9)10/h8-10H,1-7H2,(H,13,14);2-5H,1H3,(H,9,10)/p-2. The van der Waals surface area contributed by atoms with Gasteiger partial charge in [0.1, 0.15) is 5.75 Å². The van der Waals surface area contributed by atoms with Gasteiger partial charge in [0, 0.05) is 5.97 Å². The van der Waals surface area contributed by atoms with Crippen LogP contribution in [0.4, 0.5) is 0 Å². The van der Waals surface area contributed by atoms with Crippen molar-refractivity contribution in [1.29, 1.82) is 0 Å². The molecule has 4 saturated carbocycles. The second kappa shape index (κ2) is 7.06. The van der Waals surface area contributed by atoms with Crippen LogP contribution in [-0.2, 0) is 4.79 Å². The van der Waals surface area contributed by atoms with Gasteiger partial charge in [0.05, 0.1) is 13.1 Å². The van der Waals surface area contributed by atoms with Gasteiger partial charge in [-0.3, -0.25) is 0 Å². The van der Waals surface area contributed by atoms with E-state index in [1.165, 1.54) is 57.8 Å². The van der Waals surface area contributed by atoms with Crippen molar-refractivity contribution in [3.05, 3.63) is 29.8 Å². The van der Waals surface area contributed by atoms with Crippen LogP contribution in [0.2, 0.25) is 0 Å². The number of aromatic carboxylic acids is 1. The van der Waals surface area contributed by atoms with Gasteiger partial charge < -0.3 is 24.5 Å². The smallest absolute Gasteiger partial charge is 0.118 e. The largest absolute Gasteiger partial charge is 0.550 e. The first kappa shape index (κ1) is 17.8. The van der Waals surface area contributed by atoms with Gasteiger partial charge in [0.25, 0.3) is 0 Å². The van der Waals surface area contributed by atoms with Crippen LogP contribution in [-0.4, -0.2) is 19.0 Å². The highest BCUT2D eigenvalue weighted by Gasteiger charge is 2.50. The van der Waals surface area contributed by atoms with E-state index in [1.54, 1.807) is 12.1 Å². The molecule has 0 spiro atoms. The Balaban J connectivity index is 0.000000151. The Morgan fingerprint density at radius 3 is 1.84 bits per heavy atom. The van der Waals surface area contributed by atoms with Crippen LogP contribution >= 0.6 is 0 Å². The number of carboxylic acid groups (broad SMARTS) is 2. The minimum absolute atomic E-state index is 0.158. The zero-order chi connectivity index (χ0) is 18.0. The first-order chi connectivity index (χ1) is 11.9. The van der Waals surface area contributed by atoms with Crippen molar-refractivity contribution in [2.45, 2.75) is 44.9 Å². The van der Waals surface area contributed by atoms with Gasteiger partial charge in [-0.15, -0.1) is 0 Å². The molecular weight excluding hydrogens is 320 g/mol. The Labute approximate surface area is 148 Å². The SMILES string of the molecule is COc1ccc(C(=O)[O-])cc1.O=C([O-])CC12CC3CC(CC(C3)C1)C2. The van der Waals surface area contributed by atoms with Crippen LogP contribution in [0.15, 0.2) is 24.3 Å². The van der Waals surface area contributed by atoms with Crippen LogP contribution in [0, 0.1) is 23.2 Å². The monoisotopic (exact) mass is 344 g/mol. The highest BCUT2D eigenvalue weighted by atomic mass is 16.5. The van der Waals surface area contributed by atoms with Crippen molar-refractivity contribution in [3.8, 4) is 5.75 Å². The highest BCUT2D eigenvalue weighted by molar-refractivity contribution is 5.85. The lowest BCUT2D eigenvalue weighted by Crippen LogP contribution is -2.48. The summed E-state index contributed by atoms with van der Waals surface area (Å²) in [5.74, 6) is 1.18. The molecule has 5 nitrogen and oxygen atoms in total. The van der Waals surface area contributed by atoms with E-state index >= 15 is 0 Å². The Morgan fingerprint density at radius 2 is 1.48 bits per heavy atom. The lowest BCUT2D eigenvalue weighted by Gasteiger charge is -2.57. The number of carbonyl (C=O) groups excluding carboxylic acids is 2. The number of benzene rings is 1. The van der Waals surface area contributed by atoms with Crippen LogP contribution in [0.5, 0.6) is 5.75 Å². The van der Waals surface area contributed by atoms with Crippen molar-refractivity contribution >= 4 is 11.9 Å². The first-order valence-electron chi connectivity index (χ1n) is 8.94. The summed E-state index contributed by atoms with van der Waals surface area (Å²) in [6.07, 6.45) is 7.99. The summed E-state index contributed by atoms with van der Waals surface area (Å²) >= 11 is 0.